The maximum atomic E-state index is 10.4. The molecule has 0 unspecified atom stereocenters. The monoisotopic (exact) mass is 530 g/mol. The van der Waals surface area contributed by atoms with Crippen LogP contribution in [0.25, 0.3) is 0 Å². The van der Waals surface area contributed by atoms with E-state index in [4.69, 9.17) is 0 Å². The Morgan fingerprint density at radius 2 is 1.00 bits per heavy atom. The summed E-state index contributed by atoms with van der Waals surface area (Å²) in [4.78, 5) is 20.8. The van der Waals surface area contributed by atoms with E-state index in [1.807, 2.05) is 6.08 Å². The summed E-state index contributed by atoms with van der Waals surface area (Å²) in [6.45, 7) is 2.29. The molecule has 0 aliphatic heterocycles. The van der Waals surface area contributed by atoms with E-state index in [0.717, 1.165) is 19.3 Å². The first-order valence-electron chi connectivity index (χ1n) is 14.3. The van der Waals surface area contributed by atoms with Gasteiger partial charge in [-0.25, -0.2) is 9.59 Å². The van der Waals surface area contributed by atoms with Crippen LogP contribution in [0.2, 0.25) is 0 Å². The van der Waals surface area contributed by atoms with Gasteiger partial charge < -0.3 is 0 Å². The molecule has 0 fully saturated rings. The molecule has 0 saturated heterocycles. The van der Waals surface area contributed by atoms with Gasteiger partial charge in [0.05, 0.1) is 7.17 Å². The van der Waals surface area contributed by atoms with E-state index in [0.29, 0.717) is 6.16 Å². The number of hydrogen-bond acceptors (Lipinski definition) is 2. The van der Waals surface area contributed by atoms with Crippen LogP contribution in [0.3, 0.4) is 0 Å². The van der Waals surface area contributed by atoms with Gasteiger partial charge in [-0.15, -0.1) is 0 Å². The second kappa shape index (κ2) is 28.7. The molecule has 1 aliphatic carbocycles. The van der Waals surface area contributed by atoms with Crippen molar-refractivity contribution in [3.8, 4) is 0 Å². The first kappa shape index (κ1) is 33.5. The predicted molar refractivity (Wildman–Crippen MR) is 148 cm³/mol. The van der Waals surface area contributed by atoms with E-state index < -0.39 is 7.17 Å². The number of allylic oxidation sites excluding steroid dienone is 4. The Morgan fingerprint density at radius 1 is 0.647 bits per heavy atom. The summed E-state index contributed by atoms with van der Waals surface area (Å²) in [6.07, 6.45) is 36.9. The van der Waals surface area contributed by atoms with E-state index in [-0.39, 0.29) is 0 Å². The molecule has 0 aromatic rings. The molecule has 0 N–H and O–H groups in total. The third-order valence-electron chi connectivity index (χ3n) is 6.43. The maximum absolute atomic E-state index is 10.4. The molecule has 4 heteroatoms. The summed E-state index contributed by atoms with van der Waals surface area (Å²) in [5.74, 6) is 0. The Kier molecular flexibility index (Phi) is 28.2. The van der Waals surface area contributed by atoms with Gasteiger partial charge in [-0.1, -0.05) is 135 Å². The zero-order valence-electron chi connectivity index (χ0n) is 22.1. The van der Waals surface area contributed by atoms with E-state index in [1.165, 1.54) is 126 Å². The van der Waals surface area contributed by atoms with Crippen molar-refractivity contribution in [2.24, 2.45) is 0 Å². The van der Waals surface area contributed by atoms with Crippen LogP contribution in [0, 0.1) is 0 Å². The summed E-state index contributed by atoms with van der Waals surface area (Å²) in [7, 11) is -1.21. The molecular weight excluding hydrogens is 478 g/mol. The van der Waals surface area contributed by atoms with Crippen molar-refractivity contribution in [1.29, 1.82) is 0 Å². The zero-order chi connectivity index (χ0) is 25.0. The van der Waals surface area contributed by atoms with E-state index in [1.54, 1.807) is 11.3 Å². The Morgan fingerprint density at radius 3 is 1.24 bits per heavy atom. The number of carbonyl (C=O) groups excluding carboxylic acids is 2. The molecule has 0 aromatic heterocycles. The van der Waals surface area contributed by atoms with Crippen LogP contribution in [-0.2, 0) is 25.6 Å². The Labute approximate surface area is 220 Å². The zero-order valence-corrected chi connectivity index (χ0v) is 24.2. The SMILES string of the molecule is CCCCCCCCCCCCCCCCCCCCCCCP(=C=O)=C=O.[Mn][C]1=CC=CC1. The molecule has 1 rings (SSSR count). The number of hydrogen-bond donors (Lipinski definition) is 0. The topological polar surface area (TPSA) is 34.1 Å². The van der Waals surface area contributed by atoms with Crippen LogP contribution in [0.4, 0.5) is 0 Å². The molecule has 0 atom stereocenters. The van der Waals surface area contributed by atoms with Gasteiger partial charge in [0.15, 0.2) is 11.3 Å². The second-order valence-electron chi connectivity index (χ2n) is 9.65. The van der Waals surface area contributed by atoms with Crippen molar-refractivity contribution < 1.29 is 25.6 Å². The fraction of sp³-hybridized carbons (Fsp3) is 0.800. The van der Waals surface area contributed by atoms with Gasteiger partial charge in [0.1, 0.15) is 0 Å². The van der Waals surface area contributed by atoms with Crippen molar-refractivity contribution in [3.63, 3.8) is 0 Å². The Hall–Kier alpha value is -0.541. The van der Waals surface area contributed by atoms with Gasteiger partial charge in [-0.05, 0) is 6.42 Å². The van der Waals surface area contributed by atoms with Crippen LogP contribution in [0.15, 0.2) is 22.7 Å². The average Bonchev–Trinajstić information content (AvgIpc) is 3.34. The molecular formula is C30H52MnO2P. The van der Waals surface area contributed by atoms with Gasteiger partial charge in [-0.3, -0.25) is 0 Å². The van der Waals surface area contributed by atoms with Crippen molar-refractivity contribution in [1.82, 2.24) is 0 Å². The van der Waals surface area contributed by atoms with Gasteiger partial charge >= 0.3 is 45.1 Å². The summed E-state index contributed by atoms with van der Waals surface area (Å²) in [5, 5.41) is 0. The molecule has 0 saturated carbocycles. The molecule has 0 aromatic carbocycles. The van der Waals surface area contributed by atoms with E-state index in [9.17, 15) is 9.59 Å². The normalized spacial score (nSPS) is 12.5. The van der Waals surface area contributed by atoms with Gasteiger partial charge in [-0.2, -0.15) is 0 Å². The molecule has 0 amide bonds. The Bertz CT molecular complexity index is 620. The van der Waals surface area contributed by atoms with Gasteiger partial charge in [0.2, 0.25) is 0 Å². The quantitative estimate of drug-likeness (QED) is 0.0793. The molecule has 0 spiro atoms. The van der Waals surface area contributed by atoms with E-state index >= 15 is 0 Å². The molecule has 196 valence electrons. The standard InChI is InChI=1S/C25H47O2P.C5H5.Mn/c1-2-3-4-5-6-7-8-9-10-11-12-13-14-15-16-17-18-19-20-21-22-23-28(24-26)25-27;1-2-4-5-3-1;/h2-23H2,1H3;1-3H,4H2;. The molecule has 1 aliphatic rings. The summed E-state index contributed by atoms with van der Waals surface area (Å²) in [5.41, 5.74) is 3.61. The summed E-state index contributed by atoms with van der Waals surface area (Å²) in [6, 6.07) is 0. The second-order valence-corrected chi connectivity index (χ2v) is 12.1. The first-order valence-corrected chi connectivity index (χ1v) is 16.4. The molecule has 0 bridgehead atoms. The van der Waals surface area contributed by atoms with Crippen LogP contribution < -0.4 is 0 Å². The fourth-order valence-electron chi connectivity index (χ4n) is 4.23. The van der Waals surface area contributed by atoms with Crippen LogP contribution in [-0.4, -0.2) is 17.5 Å². The molecule has 34 heavy (non-hydrogen) atoms. The van der Waals surface area contributed by atoms with Crippen LogP contribution in [0.1, 0.15) is 148 Å². The Balaban J connectivity index is 0.00000156. The third kappa shape index (κ3) is 26.1. The molecule has 2 nitrogen and oxygen atoms in total. The fourth-order valence-corrected chi connectivity index (χ4v) is 5.25. The summed E-state index contributed by atoms with van der Waals surface area (Å²) < 4.78 is 1.28. The van der Waals surface area contributed by atoms with Crippen LogP contribution >= 0.6 is 7.17 Å². The molecule has 0 radical (unpaired) electrons. The summed E-state index contributed by atoms with van der Waals surface area (Å²) >= 11 is 3.34. The average molecular weight is 531 g/mol. The predicted octanol–water partition coefficient (Wildman–Crippen LogP) is 10.2. The van der Waals surface area contributed by atoms with Crippen molar-refractivity contribution >= 4 is 18.5 Å². The van der Waals surface area contributed by atoms with Gasteiger partial charge in [0, 0.05) is 6.16 Å². The van der Waals surface area contributed by atoms with E-state index in [2.05, 4.69) is 35.1 Å². The van der Waals surface area contributed by atoms with Crippen molar-refractivity contribution in [2.45, 2.75) is 148 Å². The van der Waals surface area contributed by atoms with Crippen molar-refractivity contribution in [2.75, 3.05) is 6.16 Å². The van der Waals surface area contributed by atoms with Crippen LogP contribution in [0.5, 0.6) is 0 Å². The van der Waals surface area contributed by atoms with Crippen molar-refractivity contribution in [3.05, 3.63) is 22.7 Å². The minimum atomic E-state index is -1.21. The first-order chi connectivity index (χ1) is 16.7. The third-order valence-corrected chi connectivity index (χ3v) is 8.07. The van der Waals surface area contributed by atoms with Gasteiger partial charge in [0.25, 0.3) is 0 Å². The minimum absolute atomic E-state index is 0.696. The number of rotatable bonds is 22. The molecule has 0 heterocycles. The number of unbranched alkanes of at least 4 members (excludes halogenated alkanes) is 20.